The molecule has 2 unspecified atom stereocenters. The Morgan fingerprint density at radius 1 is 1.33 bits per heavy atom. The molecule has 2 atom stereocenters. The number of nitrogens with two attached hydrogens (primary N) is 1. The molecule has 21 heavy (non-hydrogen) atoms. The second-order valence-electron chi connectivity index (χ2n) is 5.97. The van der Waals surface area contributed by atoms with Gasteiger partial charge in [-0.05, 0) is 31.0 Å². The van der Waals surface area contributed by atoms with Crippen molar-refractivity contribution in [1.82, 2.24) is 4.98 Å². The van der Waals surface area contributed by atoms with E-state index in [1.54, 1.807) is 0 Å². The molecule has 0 spiro atoms. The Bertz CT molecular complexity index is 664. The molecule has 1 aliphatic carbocycles. The van der Waals surface area contributed by atoms with Crippen molar-refractivity contribution in [3.63, 3.8) is 0 Å². The number of aromatic nitrogens is 1. The molecule has 0 saturated heterocycles. The molecule has 0 bridgehead atoms. The van der Waals surface area contributed by atoms with Gasteiger partial charge in [0, 0.05) is 11.5 Å². The van der Waals surface area contributed by atoms with Crippen molar-refractivity contribution >= 4 is 21.6 Å². The van der Waals surface area contributed by atoms with Crippen LogP contribution >= 0.6 is 11.3 Å². The maximum absolute atomic E-state index is 12.8. The molecule has 2 nitrogen and oxygen atoms in total. The van der Waals surface area contributed by atoms with E-state index in [4.69, 9.17) is 5.73 Å². The standard InChI is InChI=1S/C15H17F3N2S/c1-14(7-3-2-4-12(14)19)13-20-10-8-9(15(16,17)18)5-6-11(10)21-13/h5-6,8,12H,2-4,7,19H2,1H3. The Kier molecular flexibility index (Phi) is 3.48. The lowest BCUT2D eigenvalue weighted by Gasteiger charge is -2.37. The van der Waals surface area contributed by atoms with Crippen LogP contribution in [0, 0.1) is 0 Å². The van der Waals surface area contributed by atoms with Crippen molar-refractivity contribution in [2.75, 3.05) is 0 Å². The number of alkyl halides is 3. The average Bonchev–Trinajstić information content (AvgIpc) is 2.84. The summed E-state index contributed by atoms with van der Waals surface area (Å²) in [5, 5.41) is 0.865. The van der Waals surface area contributed by atoms with Gasteiger partial charge in [0.2, 0.25) is 0 Å². The van der Waals surface area contributed by atoms with E-state index in [1.807, 2.05) is 0 Å². The van der Waals surface area contributed by atoms with E-state index < -0.39 is 11.7 Å². The number of halogens is 3. The highest BCUT2D eigenvalue weighted by Gasteiger charge is 2.39. The Morgan fingerprint density at radius 2 is 2.10 bits per heavy atom. The van der Waals surface area contributed by atoms with Crippen LogP contribution in [0.1, 0.15) is 43.2 Å². The lowest BCUT2D eigenvalue weighted by atomic mass is 9.72. The van der Waals surface area contributed by atoms with Crippen LogP contribution in [0.2, 0.25) is 0 Å². The van der Waals surface area contributed by atoms with Crippen molar-refractivity contribution in [3.05, 3.63) is 28.8 Å². The van der Waals surface area contributed by atoms with Crippen LogP contribution in [0.15, 0.2) is 18.2 Å². The Balaban J connectivity index is 2.05. The number of thiazole rings is 1. The summed E-state index contributed by atoms with van der Waals surface area (Å²) in [5.41, 5.74) is 5.80. The zero-order valence-corrected chi connectivity index (χ0v) is 12.5. The summed E-state index contributed by atoms with van der Waals surface area (Å²) in [6.07, 6.45) is -0.239. The van der Waals surface area contributed by atoms with E-state index >= 15 is 0 Å². The predicted octanol–water partition coefficient (Wildman–Crippen LogP) is 4.47. The average molecular weight is 314 g/mol. The molecule has 2 N–H and O–H groups in total. The van der Waals surface area contributed by atoms with Gasteiger partial charge in [-0.25, -0.2) is 4.98 Å². The minimum Gasteiger partial charge on any atom is -0.327 e. The van der Waals surface area contributed by atoms with Gasteiger partial charge in [0.05, 0.1) is 15.8 Å². The van der Waals surface area contributed by atoms with Gasteiger partial charge in [0.25, 0.3) is 0 Å². The first-order valence-corrected chi connectivity index (χ1v) is 7.86. The van der Waals surface area contributed by atoms with Crippen molar-refractivity contribution < 1.29 is 13.2 Å². The Morgan fingerprint density at radius 3 is 2.76 bits per heavy atom. The first-order chi connectivity index (χ1) is 9.80. The fourth-order valence-electron chi connectivity index (χ4n) is 2.97. The molecule has 0 amide bonds. The van der Waals surface area contributed by atoms with Gasteiger partial charge in [-0.3, -0.25) is 0 Å². The Hall–Kier alpha value is -1.14. The molecule has 2 aromatic rings. The highest BCUT2D eigenvalue weighted by molar-refractivity contribution is 7.18. The molecule has 114 valence electrons. The van der Waals surface area contributed by atoms with E-state index in [0.717, 1.165) is 47.5 Å². The lowest BCUT2D eigenvalue weighted by molar-refractivity contribution is -0.137. The smallest absolute Gasteiger partial charge is 0.327 e. The SMILES string of the molecule is CC1(c2nc3cc(C(F)(F)F)ccc3s2)CCCCC1N. The minimum atomic E-state index is -4.33. The van der Waals surface area contributed by atoms with Crippen LogP contribution in [0.25, 0.3) is 10.2 Å². The van der Waals surface area contributed by atoms with Gasteiger partial charge in [-0.2, -0.15) is 13.2 Å². The lowest BCUT2D eigenvalue weighted by Crippen LogP contribution is -2.45. The summed E-state index contributed by atoms with van der Waals surface area (Å²) in [5.74, 6) is 0. The summed E-state index contributed by atoms with van der Waals surface area (Å²) in [6.45, 7) is 2.08. The van der Waals surface area contributed by atoms with Crippen LogP contribution < -0.4 is 5.73 Å². The van der Waals surface area contributed by atoms with Gasteiger partial charge in [-0.1, -0.05) is 19.8 Å². The Labute approximate surface area is 125 Å². The van der Waals surface area contributed by atoms with Crippen LogP contribution in [-0.4, -0.2) is 11.0 Å². The molecule has 1 fully saturated rings. The normalized spacial score (nSPS) is 27.2. The quantitative estimate of drug-likeness (QED) is 0.843. The van der Waals surface area contributed by atoms with E-state index in [1.165, 1.54) is 17.4 Å². The zero-order chi connectivity index (χ0) is 15.3. The second kappa shape index (κ2) is 4.95. The van der Waals surface area contributed by atoms with Crippen LogP contribution in [0.3, 0.4) is 0 Å². The molecule has 1 aliphatic rings. The van der Waals surface area contributed by atoms with Crippen molar-refractivity contribution in [1.29, 1.82) is 0 Å². The molecule has 1 heterocycles. The van der Waals surface area contributed by atoms with Crippen molar-refractivity contribution in [2.45, 2.75) is 50.2 Å². The molecular formula is C15H17F3N2S. The summed E-state index contributed by atoms with van der Waals surface area (Å²) in [4.78, 5) is 4.47. The van der Waals surface area contributed by atoms with Gasteiger partial charge >= 0.3 is 6.18 Å². The third-order valence-corrected chi connectivity index (χ3v) is 5.80. The first-order valence-electron chi connectivity index (χ1n) is 7.04. The zero-order valence-electron chi connectivity index (χ0n) is 11.7. The number of hydrogen-bond acceptors (Lipinski definition) is 3. The summed E-state index contributed by atoms with van der Waals surface area (Å²) < 4.78 is 39.1. The van der Waals surface area contributed by atoms with E-state index in [0.29, 0.717) is 5.52 Å². The number of nitrogens with zero attached hydrogens (tertiary/aromatic N) is 1. The number of hydrogen-bond donors (Lipinski definition) is 1. The van der Waals surface area contributed by atoms with Crippen molar-refractivity contribution in [2.24, 2.45) is 5.73 Å². The number of benzene rings is 1. The highest BCUT2D eigenvalue weighted by atomic mass is 32.1. The van der Waals surface area contributed by atoms with E-state index in [-0.39, 0.29) is 11.5 Å². The predicted molar refractivity (Wildman–Crippen MR) is 78.4 cm³/mol. The largest absolute Gasteiger partial charge is 0.416 e. The molecule has 0 aliphatic heterocycles. The van der Waals surface area contributed by atoms with Crippen LogP contribution in [-0.2, 0) is 11.6 Å². The molecule has 1 aromatic heterocycles. The van der Waals surface area contributed by atoms with Crippen LogP contribution in [0.5, 0.6) is 0 Å². The minimum absolute atomic E-state index is 0.0221. The third kappa shape index (κ3) is 2.55. The second-order valence-corrected chi connectivity index (χ2v) is 7.00. The van der Waals surface area contributed by atoms with Gasteiger partial charge < -0.3 is 5.73 Å². The summed E-state index contributed by atoms with van der Waals surface area (Å²) >= 11 is 1.47. The monoisotopic (exact) mass is 314 g/mol. The first kappa shape index (κ1) is 14.8. The number of fused-ring (bicyclic) bond motifs is 1. The molecule has 1 aromatic carbocycles. The fourth-order valence-corrected chi connectivity index (χ4v) is 4.16. The van der Waals surface area contributed by atoms with E-state index in [9.17, 15) is 13.2 Å². The van der Waals surface area contributed by atoms with Gasteiger partial charge in [0.15, 0.2) is 0 Å². The molecule has 1 saturated carbocycles. The third-order valence-electron chi connectivity index (χ3n) is 4.48. The summed E-state index contributed by atoms with van der Waals surface area (Å²) in [7, 11) is 0. The molecule has 0 radical (unpaired) electrons. The van der Waals surface area contributed by atoms with Gasteiger partial charge in [-0.15, -0.1) is 11.3 Å². The fraction of sp³-hybridized carbons (Fsp3) is 0.533. The number of rotatable bonds is 1. The van der Waals surface area contributed by atoms with Crippen LogP contribution in [0.4, 0.5) is 13.2 Å². The molecular weight excluding hydrogens is 297 g/mol. The topological polar surface area (TPSA) is 38.9 Å². The molecule has 3 rings (SSSR count). The maximum Gasteiger partial charge on any atom is 0.416 e. The van der Waals surface area contributed by atoms with Crippen molar-refractivity contribution in [3.8, 4) is 0 Å². The molecule has 6 heteroatoms. The van der Waals surface area contributed by atoms with Gasteiger partial charge in [0.1, 0.15) is 5.01 Å². The summed E-state index contributed by atoms with van der Waals surface area (Å²) in [6, 6.07) is 3.78. The highest BCUT2D eigenvalue weighted by Crippen LogP contribution is 2.42. The maximum atomic E-state index is 12.8. The van der Waals surface area contributed by atoms with E-state index in [2.05, 4.69) is 11.9 Å².